The zero-order chi connectivity index (χ0) is 28.7. The van der Waals surface area contributed by atoms with Crippen LogP contribution < -0.4 is 4.74 Å². The number of carbonyl (C=O) groups is 1. The van der Waals surface area contributed by atoms with Crippen molar-refractivity contribution in [3.63, 3.8) is 0 Å². The number of ether oxygens (including phenoxy) is 1. The lowest BCUT2D eigenvalue weighted by Crippen LogP contribution is -2.49. The van der Waals surface area contributed by atoms with Crippen molar-refractivity contribution in [2.24, 2.45) is 0 Å². The van der Waals surface area contributed by atoms with E-state index in [-0.39, 0.29) is 5.97 Å². The summed E-state index contributed by atoms with van der Waals surface area (Å²) in [5, 5.41) is 10.6. The maximum Gasteiger partial charge on any atom is 0.322 e. The number of piperidine rings is 1. The Bertz CT molecular complexity index is 1450. The van der Waals surface area contributed by atoms with Crippen LogP contribution in [0, 0.1) is 18.3 Å². The molecule has 1 fully saturated rings. The molecule has 4 aromatic carbocycles. The summed E-state index contributed by atoms with van der Waals surface area (Å²) in [5.74, 6) is 0.439. The molecule has 0 atom stereocenters. The zero-order valence-electron chi connectivity index (χ0n) is 23.8. The number of nitrogens with zero attached hydrogens (tertiary/aromatic N) is 2. The van der Waals surface area contributed by atoms with Gasteiger partial charge in [0.2, 0.25) is 0 Å². The molecule has 0 radical (unpaired) electrons. The van der Waals surface area contributed by atoms with E-state index in [9.17, 15) is 10.1 Å². The molecule has 4 aromatic rings. The summed E-state index contributed by atoms with van der Waals surface area (Å²) in [5.41, 5.74) is 2.66. The predicted octanol–water partition coefficient (Wildman–Crippen LogP) is 7.56. The van der Waals surface area contributed by atoms with Gasteiger partial charge in [0.25, 0.3) is 0 Å². The summed E-state index contributed by atoms with van der Waals surface area (Å²) < 4.78 is 6.18. The van der Waals surface area contributed by atoms with E-state index in [1.165, 1.54) is 0 Å². The molecule has 0 aliphatic carbocycles. The molecule has 0 unspecified atom stereocenters. The maximum absolute atomic E-state index is 14.0. The molecule has 0 spiro atoms. The van der Waals surface area contributed by atoms with Crippen molar-refractivity contribution >= 4 is 17.7 Å². The van der Waals surface area contributed by atoms with E-state index >= 15 is 0 Å². The van der Waals surface area contributed by atoms with Gasteiger partial charge in [0.05, 0.1) is 16.4 Å². The van der Waals surface area contributed by atoms with Crippen LogP contribution in [0.1, 0.15) is 41.5 Å². The Morgan fingerprint density at radius 3 is 1.98 bits per heavy atom. The largest absolute Gasteiger partial charge is 0.425 e. The highest BCUT2D eigenvalue weighted by Gasteiger charge is 2.45. The molecule has 1 aliphatic rings. The van der Waals surface area contributed by atoms with Crippen molar-refractivity contribution < 1.29 is 9.53 Å². The van der Waals surface area contributed by atoms with Crippen LogP contribution in [0.25, 0.3) is 0 Å². The molecule has 0 aromatic heterocycles. The first-order valence-corrected chi connectivity index (χ1v) is 15.4. The van der Waals surface area contributed by atoms with Crippen molar-refractivity contribution in [1.29, 1.82) is 5.26 Å². The van der Waals surface area contributed by atoms with E-state index in [2.05, 4.69) is 35.2 Å². The highest BCUT2D eigenvalue weighted by molar-refractivity contribution is 7.98. The second-order valence-electron chi connectivity index (χ2n) is 10.8. The van der Waals surface area contributed by atoms with Gasteiger partial charge in [-0.3, -0.25) is 4.79 Å². The number of nitriles is 1. The molecule has 41 heavy (non-hydrogen) atoms. The number of aryl methyl sites for hydroxylation is 1. The SMILES string of the molecule is CSc1c(C)cccc1OC(=O)C1(c2ccccc2)CCN(CCC(C#N)(c2ccccc2)c2ccccc2)CC1. The Balaban J connectivity index is 1.37. The van der Waals surface area contributed by atoms with Gasteiger partial charge in [0.15, 0.2) is 0 Å². The van der Waals surface area contributed by atoms with Crippen LogP contribution in [0.3, 0.4) is 0 Å². The summed E-state index contributed by atoms with van der Waals surface area (Å²) in [6.45, 7) is 4.29. The van der Waals surface area contributed by atoms with Crippen LogP contribution in [0.15, 0.2) is 114 Å². The Labute approximate surface area is 248 Å². The van der Waals surface area contributed by atoms with E-state index in [0.29, 0.717) is 25.0 Å². The van der Waals surface area contributed by atoms with Crippen LogP contribution in [0.4, 0.5) is 0 Å². The number of thioether (sulfide) groups is 1. The number of likely N-dealkylation sites (tertiary alicyclic amines) is 1. The second-order valence-corrected chi connectivity index (χ2v) is 11.6. The van der Waals surface area contributed by atoms with Gasteiger partial charge in [0, 0.05) is 6.54 Å². The van der Waals surface area contributed by atoms with Crippen molar-refractivity contribution in [3.8, 4) is 11.8 Å². The average molecular weight is 561 g/mol. The lowest BCUT2D eigenvalue weighted by Gasteiger charge is -2.41. The minimum atomic E-state index is -0.741. The molecule has 5 heteroatoms. The van der Waals surface area contributed by atoms with E-state index in [0.717, 1.165) is 46.8 Å². The van der Waals surface area contributed by atoms with Gasteiger partial charge in [-0.15, -0.1) is 11.8 Å². The van der Waals surface area contributed by atoms with Crippen molar-refractivity contribution in [2.75, 3.05) is 25.9 Å². The minimum absolute atomic E-state index is 0.191. The van der Waals surface area contributed by atoms with E-state index in [1.807, 2.05) is 98.1 Å². The Kier molecular flexibility index (Phi) is 8.93. The van der Waals surface area contributed by atoms with Gasteiger partial charge < -0.3 is 9.64 Å². The van der Waals surface area contributed by atoms with Gasteiger partial charge in [-0.2, -0.15) is 5.26 Å². The van der Waals surface area contributed by atoms with Crippen LogP contribution in [0.2, 0.25) is 0 Å². The lowest BCUT2D eigenvalue weighted by atomic mass is 9.71. The number of hydrogen-bond acceptors (Lipinski definition) is 5. The Morgan fingerprint density at radius 1 is 0.878 bits per heavy atom. The Hall–Kier alpha value is -3.85. The zero-order valence-corrected chi connectivity index (χ0v) is 24.6. The molecule has 208 valence electrons. The van der Waals surface area contributed by atoms with Crippen LogP contribution in [-0.2, 0) is 15.6 Å². The minimum Gasteiger partial charge on any atom is -0.425 e. The van der Waals surface area contributed by atoms with E-state index < -0.39 is 10.8 Å². The molecule has 1 heterocycles. The smallest absolute Gasteiger partial charge is 0.322 e. The fraction of sp³-hybridized carbons (Fsp3) is 0.278. The summed E-state index contributed by atoms with van der Waals surface area (Å²) >= 11 is 1.60. The number of carbonyl (C=O) groups excluding carboxylic acids is 1. The van der Waals surface area contributed by atoms with Crippen molar-refractivity contribution in [3.05, 3.63) is 131 Å². The van der Waals surface area contributed by atoms with Crippen molar-refractivity contribution in [2.45, 2.75) is 41.9 Å². The maximum atomic E-state index is 14.0. The van der Waals surface area contributed by atoms with E-state index in [4.69, 9.17) is 4.74 Å². The number of hydrogen-bond donors (Lipinski definition) is 0. The van der Waals surface area contributed by atoms with Crippen LogP contribution in [-0.4, -0.2) is 36.8 Å². The third-order valence-electron chi connectivity index (χ3n) is 8.54. The summed E-state index contributed by atoms with van der Waals surface area (Å²) in [6.07, 6.45) is 4.00. The first kappa shape index (κ1) is 28.7. The molecule has 4 nitrogen and oxygen atoms in total. The summed E-state index contributed by atoms with van der Waals surface area (Å²) in [4.78, 5) is 17.4. The molecule has 0 bridgehead atoms. The molecule has 1 aliphatic heterocycles. The van der Waals surface area contributed by atoms with Gasteiger partial charge in [-0.1, -0.05) is 103 Å². The Morgan fingerprint density at radius 2 is 1.44 bits per heavy atom. The summed E-state index contributed by atoms with van der Waals surface area (Å²) in [7, 11) is 0. The molecule has 0 saturated carbocycles. The highest BCUT2D eigenvalue weighted by Crippen LogP contribution is 2.40. The molecule has 0 amide bonds. The quantitative estimate of drug-likeness (QED) is 0.120. The monoisotopic (exact) mass is 560 g/mol. The van der Waals surface area contributed by atoms with Gasteiger partial charge in [-0.05, 0) is 73.9 Å². The molecular formula is C36H36N2O2S. The fourth-order valence-corrected chi connectivity index (χ4v) is 6.80. The number of rotatable bonds is 9. The van der Waals surface area contributed by atoms with E-state index in [1.54, 1.807) is 11.8 Å². The third-order valence-corrected chi connectivity index (χ3v) is 9.47. The second kappa shape index (κ2) is 12.8. The molecule has 1 saturated heterocycles. The normalized spacial score (nSPS) is 15.1. The average Bonchev–Trinajstić information content (AvgIpc) is 3.03. The topological polar surface area (TPSA) is 53.3 Å². The predicted molar refractivity (Wildman–Crippen MR) is 166 cm³/mol. The third kappa shape index (κ3) is 5.81. The number of benzene rings is 4. The molecule has 0 N–H and O–H groups in total. The summed E-state index contributed by atoms with van der Waals surface area (Å²) in [6, 6.07) is 38.8. The van der Waals surface area contributed by atoms with Gasteiger partial charge in [0.1, 0.15) is 11.2 Å². The van der Waals surface area contributed by atoms with Crippen molar-refractivity contribution in [1.82, 2.24) is 4.90 Å². The van der Waals surface area contributed by atoms with Crippen LogP contribution in [0.5, 0.6) is 5.75 Å². The van der Waals surface area contributed by atoms with Gasteiger partial charge >= 0.3 is 5.97 Å². The first-order valence-electron chi connectivity index (χ1n) is 14.2. The molecule has 5 rings (SSSR count). The fourth-order valence-electron chi connectivity index (χ4n) is 6.10. The standard InChI is InChI=1S/C36H36N2O2S/c1-28-13-12-20-32(33(28)41-2)40-34(39)35(29-14-6-3-7-15-29)21-24-38(25-22-35)26-23-36(27-37,30-16-8-4-9-17-30)31-18-10-5-11-19-31/h3-20H,21-26H2,1-2H3. The van der Waals surface area contributed by atoms with Gasteiger partial charge in [-0.25, -0.2) is 0 Å². The van der Waals surface area contributed by atoms with Crippen LogP contribution >= 0.6 is 11.8 Å². The lowest BCUT2D eigenvalue weighted by molar-refractivity contribution is -0.143. The first-order chi connectivity index (χ1) is 20.0. The number of esters is 1. The highest BCUT2D eigenvalue weighted by atomic mass is 32.2. The molecular weight excluding hydrogens is 524 g/mol.